The summed E-state index contributed by atoms with van der Waals surface area (Å²) in [5.41, 5.74) is 0.688. The second kappa shape index (κ2) is 6.28. The summed E-state index contributed by atoms with van der Waals surface area (Å²) in [5, 5.41) is 3.31. The molecule has 1 nitrogen and oxygen atoms in total. The van der Waals surface area contributed by atoms with Crippen LogP contribution in [-0.4, -0.2) is 6.04 Å². The van der Waals surface area contributed by atoms with E-state index in [1.807, 2.05) is 0 Å². The molecule has 0 spiro atoms. The van der Waals surface area contributed by atoms with Crippen LogP contribution in [-0.2, 0) is 6.54 Å². The average molecular weight is 253 g/mol. The third-order valence-corrected chi connectivity index (χ3v) is 3.80. The number of hydrogen-bond acceptors (Lipinski definition) is 1. The van der Waals surface area contributed by atoms with E-state index in [0.29, 0.717) is 18.2 Å². The Kier molecular flexibility index (Phi) is 4.70. The third-order valence-electron chi connectivity index (χ3n) is 3.80. The lowest BCUT2D eigenvalue weighted by Crippen LogP contribution is -2.28. The van der Waals surface area contributed by atoms with Gasteiger partial charge in [0.2, 0.25) is 0 Å². The zero-order chi connectivity index (χ0) is 13.0. The fraction of sp³-hybridized carbons (Fsp3) is 0.600. The molecule has 1 aromatic carbocycles. The first-order valence-corrected chi connectivity index (χ1v) is 6.85. The molecule has 0 aliphatic heterocycles. The number of aryl methyl sites for hydroxylation is 1. The molecule has 1 aliphatic rings. The topological polar surface area (TPSA) is 12.0 Å². The van der Waals surface area contributed by atoms with Gasteiger partial charge >= 0.3 is 0 Å². The monoisotopic (exact) mass is 253 g/mol. The normalized spacial score (nSPS) is 17.7. The van der Waals surface area contributed by atoms with Crippen LogP contribution in [0.25, 0.3) is 0 Å². The second-order valence-corrected chi connectivity index (χ2v) is 5.23. The van der Waals surface area contributed by atoms with E-state index in [1.165, 1.54) is 37.8 Å². The van der Waals surface area contributed by atoms with Crippen molar-refractivity contribution in [3.63, 3.8) is 0 Å². The molecular formula is C15H21F2N. The zero-order valence-electron chi connectivity index (χ0n) is 10.9. The summed E-state index contributed by atoms with van der Waals surface area (Å²) in [4.78, 5) is 0. The Hall–Kier alpha value is -0.960. The molecule has 0 atom stereocenters. The van der Waals surface area contributed by atoms with Crippen LogP contribution < -0.4 is 5.32 Å². The van der Waals surface area contributed by atoms with E-state index >= 15 is 0 Å². The molecule has 100 valence electrons. The summed E-state index contributed by atoms with van der Waals surface area (Å²) < 4.78 is 27.4. The summed E-state index contributed by atoms with van der Waals surface area (Å²) in [6.45, 7) is 1.97. The predicted octanol–water partition coefficient (Wildman–Crippen LogP) is 4.09. The van der Waals surface area contributed by atoms with Gasteiger partial charge in [-0.2, -0.15) is 0 Å². The lowest BCUT2D eigenvalue weighted by molar-refractivity contribution is 0.442. The highest BCUT2D eigenvalue weighted by atomic mass is 19.1. The minimum absolute atomic E-state index is 0.180. The number of benzene rings is 1. The van der Waals surface area contributed by atoms with Crippen molar-refractivity contribution in [1.82, 2.24) is 5.32 Å². The molecule has 0 aromatic heterocycles. The first-order valence-electron chi connectivity index (χ1n) is 6.85. The van der Waals surface area contributed by atoms with Gasteiger partial charge in [0.15, 0.2) is 0 Å². The fourth-order valence-corrected chi connectivity index (χ4v) is 2.61. The molecule has 0 heterocycles. The molecule has 0 radical (unpaired) electrons. The van der Waals surface area contributed by atoms with Crippen molar-refractivity contribution in [3.8, 4) is 0 Å². The van der Waals surface area contributed by atoms with Gasteiger partial charge in [0.25, 0.3) is 0 Å². The third kappa shape index (κ3) is 3.29. The van der Waals surface area contributed by atoms with Crippen molar-refractivity contribution in [2.45, 2.75) is 58.0 Å². The molecule has 0 unspecified atom stereocenters. The van der Waals surface area contributed by atoms with Crippen molar-refractivity contribution in [2.24, 2.45) is 0 Å². The standard InChI is InChI=1S/C15H21F2N/c1-11-8-9-14(16)13(15(11)17)10-18-12-6-4-2-3-5-7-12/h8-9,12,18H,2-7,10H2,1H3. The van der Waals surface area contributed by atoms with Gasteiger partial charge in [-0.1, -0.05) is 31.7 Å². The van der Waals surface area contributed by atoms with E-state index < -0.39 is 11.6 Å². The second-order valence-electron chi connectivity index (χ2n) is 5.23. The Bertz CT molecular complexity index is 396. The molecule has 1 aliphatic carbocycles. The fourth-order valence-electron chi connectivity index (χ4n) is 2.61. The van der Waals surface area contributed by atoms with E-state index in [2.05, 4.69) is 5.32 Å². The summed E-state index contributed by atoms with van der Waals surface area (Å²) in [5.74, 6) is -0.852. The molecule has 18 heavy (non-hydrogen) atoms. The maximum atomic E-state index is 13.8. The number of nitrogens with one attached hydrogen (secondary N) is 1. The predicted molar refractivity (Wildman–Crippen MR) is 69.4 cm³/mol. The highest BCUT2D eigenvalue weighted by Gasteiger charge is 2.15. The van der Waals surface area contributed by atoms with Crippen molar-refractivity contribution in [1.29, 1.82) is 0 Å². The Morgan fingerprint density at radius 1 is 1.11 bits per heavy atom. The van der Waals surface area contributed by atoms with Crippen LogP contribution in [0.5, 0.6) is 0 Å². The van der Waals surface area contributed by atoms with Crippen LogP contribution in [0.1, 0.15) is 49.7 Å². The summed E-state index contributed by atoms with van der Waals surface area (Å²) in [6.07, 6.45) is 7.24. The van der Waals surface area contributed by atoms with Gasteiger partial charge in [0.05, 0.1) is 0 Å². The van der Waals surface area contributed by atoms with E-state index in [0.717, 1.165) is 12.8 Å². The highest BCUT2D eigenvalue weighted by molar-refractivity contribution is 5.26. The van der Waals surface area contributed by atoms with Crippen LogP contribution >= 0.6 is 0 Å². The Labute approximate surface area is 108 Å². The molecule has 1 N–H and O–H groups in total. The van der Waals surface area contributed by atoms with Crippen LogP contribution in [0.15, 0.2) is 12.1 Å². The van der Waals surface area contributed by atoms with Gasteiger partial charge in [0.1, 0.15) is 11.6 Å². The molecule has 2 rings (SSSR count). The SMILES string of the molecule is Cc1ccc(F)c(CNC2CCCCCC2)c1F. The molecular weight excluding hydrogens is 232 g/mol. The molecule has 1 fully saturated rings. The van der Waals surface area contributed by atoms with Gasteiger partial charge in [-0.25, -0.2) is 8.78 Å². The molecule has 3 heteroatoms. The molecule has 1 aromatic rings. The summed E-state index contributed by atoms with van der Waals surface area (Å²) in [7, 11) is 0. The zero-order valence-corrected chi connectivity index (χ0v) is 10.9. The number of hydrogen-bond donors (Lipinski definition) is 1. The Morgan fingerprint density at radius 2 is 1.78 bits per heavy atom. The lowest BCUT2D eigenvalue weighted by Gasteiger charge is -2.17. The maximum Gasteiger partial charge on any atom is 0.133 e. The van der Waals surface area contributed by atoms with Gasteiger partial charge in [-0.15, -0.1) is 0 Å². The van der Waals surface area contributed by atoms with Crippen molar-refractivity contribution in [3.05, 3.63) is 34.9 Å². The molecule has 0 amide bonds. The largest absolute Gasteiger partial charge is 0.310 e. The smallest absolute Gasteiger partial charge is 0.133 e. The van der Waals surface area contributed by atoms with Crippen molar-refractivity contribution >= 4 is 0 Å². The number of rotatable bonds is 3. The minimum atomic E-state index is -0.445. The van der Waals surface area contributed by atoms with Crippen LogP contribution in [0, 0.1) is 18.6 Å². The number of halogens is 2. The van der Waals surface area contributed by atoms with Crippen molar-refractivity contribution in [2.75, 3.05) is 0 Å². The van der Waals surface area contributed by atoms with Gasteiger partial charge in [0, 0.05) is 18.2 Å². The first kappa shape index (κ1) is 13.5. The van der Waals surface area contributed by atoms with Gasteiger partial charge in [-0.05, 0) is 31.4 Å². The van der Waals surface area contributed by atoms with Crippen LogP contribution in [0.2, 0.25) is 0 Å². The van der Waals surface area contributed by atoms with Crippen LogP contribution in [0.3, 0.4) is 0 Å². The van der Waals surface area contributed by atoms with E-state index in [1.54, 1.807) is 6.92 Å². The van der Waals surface area contributed by atoms with E-state index in [9.17, 15) is 8.78 Å². The Balaban J connectivity index is 1.99. The Morgan fingerprint density at radius 3 is 2.44 bits per heavy atom. The van der Waals surface area contributed by atoms with E-state index in [4.69, 9.17) is 0 Å². The minimum Gasteiger partial charge on any atom is -0.310 e. The quantitative estimate of drug-likeness (QED) is 0.800. The van der Waals surface area contributed by atoms with Gasteiger partial charge < -0.3 is 5.32 Å². The molecule has 0 saturated heterocycles. The molecule has 1 saturated carbocycles. The first-order chi connectivity index (χ1) is 8.68. The van der Waals surface area contributed by atoms with E-state index in [-0.39, 0.29) is 5.56 Å². The molecule has 0 bridgehead atoms. The summed E-state index contributed by atoms with van der Waals surface area (Å²) in [6, 6.07) is 3.24. The van der Waals surface area contributed by atoms with Gasteiger partial charge in [-0.3, -0.25) is 0 Å². The van der Waals surface area contributed by atoms with Crippen LogP contribution in [0.4, 0.5) is 8.78 Å². The lowest BCUT2D eigenvalue weighted by atomic mass is 10.1. The maximum absolute atomic E-state index is 13.8. The van der Waals surface area contributed by atoms with Crippen molar-refractivity contribution < 1.29 is 8.78 Å². The average Bonchev–Trinajstić information content (AvgIpc) is 2.63. The summed E-state index contributed by atoms with van der Waals surface area (Å²) >= 11 is 0. The highest BCUT2D eigenvalue weighted by Crippen LogP contribution is 2.20.